The first-order chi connectivity index (χ1) is 12.8. The van der Waals surface area contributed by atoms with E-state index < -0.39 is 17.7 Å². The van der Waals surface area contributed by atoms with Crippen LogP contribution in [0.2, 0.25) is 10.0 Å². The lowest BCUT2D eigenvalue weighted by Gasteiger charge is -2.27. The van der Waals surface area contributed by atoms with Crippen LogP contribution in [-0.4, -0.2) is 26.7 Å². The molecule has 1 aliphatic rings. The average Bonchev–Trinajstić information content (AvgIpc) is 2.89. The van der Waals surface area contributed by atoms with Crippen molar-refractivity contribution in [2.75, 3.05) is 0 Å². The van der Waals surface area contributed by atoms with Crippen LogP contribution >= 0.6 is 23.2 Å². The number of aliphatic hydroxyl groups excluding tert-OH is 1. The summed E-state index contributed by atoms with van der Waals surface area (Å²) in [7, 11) is 0. The molecule has 1 aromatic heterocycles. The number of carbonyl (C=O) groups is 2. The van der Waals surface area contributed by atoms with Crippen molar-refractivity contribution in [2.24, 2.45) is 5.92 Å². The van der Waals surface area contributed by atoms with Crippen molar-refractivity contribution < 1.29 is 14.7 Å². The van der Waals surface area contributed by atoms with E-state index in [-0.39, 0.29) is 23.8 Å². The normalized spacial score (nSPS) is 17.1. The van der Waals surface area contributed by atoms with E-state index in [0.717, 1.165) is 0 Å². The molecule has 0 bridgehead atoms. The standard InChI is InChI=1S/C20H18Cl2N2O3/c1-11(2)18(25)16-17(12-6-7-14(21)15(22)9-12)24(20(27)19(16)26)10-13-5-3-4-8-23-13/h3-9,11,17,26H,10H2,1-2H3. The van der Waals surface area contributed by atoms with E-state index in [1.54, 1.807) is 50.4 Å². The lowest BCUT2D eigenvalue weighted by molar-refractivity contribution is -0.130. The third-order valence-corrected chi connectivity index (χ3v) is 5.15. The van der Waals surface area contributed by atoms with Gasteiger partial charge in [-0.3, -0.25) is 14.6 Å². The van der Waals surface area contributed by atoms with Crippen LogP contribution in [-0.2, 0) is 16.1 Å². The van der Waals surface area contributed by atoms with Crippen LogP contribution in [0.5, 0.6) is 0 Å². The molecule has 1 aromatic carbocycles. The van der Waals surface area contributed by atoms with Gasteiger partial charge in [-0.2, -0.15) is 0 Å². The van der Waals surface area contributed by atoms with Gasteiger partial charge in [0.05, 0.1) is 33.9 Å². The van der Waals surface area contributed by atoms with Crippen molar-refractivity contribution in [3.05, 3.63) is 75.2 Å². The molecule has 7 heteroatoms. The number of hydrogen-bond acceptors (Lipinski definition) is 4. The fourth-order valence-electron chi connectivity index (χ4n) is 3.07. The van der Waals surface area contributed by atoms with Crippen molar-refractivity contribution in [2.45, 2.75) is 26.4 Å². The molecule has 3 rings (SSSR count). The summed E-state index contributed by atoms with van der Waals surface area (Å²) in [4.78, 5) is 31.2. The highest BCUT2D eigenvalue weighted by Gasteiger charge is 2.44. The maximum atomic E-state index is 12.8. The summed E-state index contributed by atoms with van der Waals surface area (Å²) in [6.07, 6.45) is 1.62. The summed E-state index contributed by atoms with van der Waals surface area (Å²) >= 11 is 12.2. The van der Waals surface area contributed by atoms with Crippen LogP contribution in [0.1, 0.15) is 31.1 Å². The Morgan fingerprint density at radius 2 is 1.96 bits per heavy atom. The molecule has 1 atom stereocenters. The van der Waals surface area contributed by atoms with Crippen molar-refractivity contribution in [3.63, 3.8) is 0 Å². The molecule has 0 saturated heterocycles. The number of pyridine rings is 1. The van der Waals surface area contributed by atoms with E-state index in [1.165, 1.54) is 4.90 Å². The molecule has 1 unspecified atom stereocenters. The zero-order chi connectivity index (χ0) is 19.7. The number of rotatable bonds is 5. The Labute approximate surface area is 167 Å². The topological polar surface area (TPSA) is 70.5 Å². The molecular weight excluding hydrogens is 387 g/mol. The van der Waals surface area contributed by atoms with Crippen LogP contribution in [0, 0.1) is 5.92 Å². The van der Waals surface area contributed by atoms with E-state index in [9.17, 15) is 14.7 Å². The Kier molecular flexibility index (Phi) is 5.53. The highest BCUT2D eigenvalue weighted by molar-refractivity contribution is 6.42. The molecule has 0 saturated carbocycles. The maximum Gasteiger partial charge on any atom is 0.290 e. The predicted molar refractivity (Wildman–Crippen MR) is 103 cm³/mol. The molecule has 1 N–H and O–H groups in total. The van der Waals surface area contributed by atoms with E-state index >= 15 is 0 Å². The second-order valence-corrected chi connectivity index (χ2v) is 7.43. The lowest BCUT2D eigenvalue weighted by atomic mass is 9.91. The number of halogens is 2. The maximum absolute atomic E-state index is 12.8. The molecule has 0 spiro atoms. The number of hydrogen-bond donors (Lipinski definition) is 1. The Bertz CT molecular complexity index is 926. The van der Waals surface area contributed by atoms with Gasteiger partial charge in [-0.15, -0.1) is 0 Å². The zero-order valence-electron chi connectivity index (χ0n) is 14.8. The fraction of sp³-hybridized carbons (Fsp3) is 0.250. The molecule has 1 aliphatic heterocycles. The largest absolute Gasteiger partial charge is 0.503 e. The second kappa shape index (κ2) is 7.71. The van der Waals surface area contributed by atoms with Gasteiger partial charge in [0.1, 0.15) is 0 Å². The summed E-state index contributed by atoms with van der Waals surface area (Å²) in [5.74, 6) is -1.81. The first-order valence-corrected chi connectivity index (χ1v) is 9.20. The second-order valence-electron chi connectivity index (χ2n) is 6.61. The molecule has 0 radical (unpaired) electrons. The number of amides is 1. The molecular formula is C20H18Cl2N2O3. The van der Waals surface area contributed by atoms with Gasteiger partial charge in [-0.1, -0.05) is 49.2 Å². The number of ketones is 1. The van der Waals surface area contributed by atoms with Gasteiger partial charge >= 0.3 is 0 Å². The van der Waals surface area contributed by atoms with E-state index in [0.29, 0.717) is 21.3 Å². The smallest absolute Gasteiger partial charge is 0.290 e. The minimum Gasteiger partial charge on any atom is -0.503 e. The van der Waals surface area contributed by atoms with Gasteiger partial charge in [-0.25, -0.2) is 0 Å². The Hall–Kier alpha value is -2.37. The molecule has 1 amide bonds. The molecule has 5 nitrogen and oxygen atoms in total. The third-order valence-electron chi connectivity index (χ3n) is 4.41. The van der Waals surface area contributed by atoms with Crippen LogP contribution in [0.4, 0.5) is 0 Å². The first kappa shape index (κ1) is 19.4. The Balaban J connectivity index is 2.10. The van der Waals surface area contributed by atoms with Gasteiger partial charge in [0.2, 0.25) is 0 Å². The van der Waals surface area contributed by atoms with Gasteiger partial charge in [-0.05, 0) is 29.8 Å². The monoisotopic (exact) mass is 404 g/mol. The Morgan fingerprint density at radius 1 is 1.22 bits per heavy atom. The first-order valence-electron chi connectivity index (χ1n) is 8.44. The number of carbonyl (C=O) groups excluding carboxylic acids is 2. The molecule has 0 aliphatic carbocycles. The highest BCUT2D eigenvalue weighted by atomic mass is 35.5. The minimum absolute atomic E-state index is 0.0734. The zero-order valence-corrected chi connectivity index (χ0v) is 16.3. The average molecular weight is 405 g/mol. The number of Topliss-reactive ketones (excluding diaryl/α,β-unsaturated/α-hetero) is 1. The van der Waals surface area contributed by atoms with Crippen molar-refractivity contribution in [1.29, 1.82) is 0 Å². The molecule has 27 heavy (non-hydrogen) atoms. The number of nitrogens with zero attached hydrogens (tertiary/aromatic N) is 2. The summed E-state index contributed by atoms with van der Waals surface area (Å²) in [6.45, 7) is 3.59. The summed E-state index contributed by atoms with van der Waals surface area (Å²) in [5, 5.41) is 11.1. The quantitative estimate of drug-likeness (QED) is 0.795. The SMILES string of the molecule is CC(C)C(=O)C1=C(O)C(=O)N(Cc2ccccn2)C1c1ccc(Cl)c(Cl)c1. The number of aliphatic hydroxyl groups is 1. The predicted octanol–water partition coefficient (Wildman–Crippen LogP) is 4.51. The van der Waals surface area contributed by atoms with E-state index in [1.807, 2.05) is 6.07 Å². The van der Waals surface area contributed by atoms with Crippen LogP contribution in [0.3, 0.4) is 0 Å². The Morgan fingerprint density at radius 3 is 2.56 bits per heavy atom. The van der Waals surface area contributed by atoms with Gasteiger partial charge in [0, 0.05) is 12.1 Å². The van der Waals surface area contributed by atoms with Crippen molar-refractivity contribution >= 4 is 34.9 Å². The van der Waals surface area contributed by atoms with E-state index in [4.69, 9.17) is 23.2 Å². The van der Waals surface area contributed by atoms with Gasteiger partial charge in [0.15, 0.2) is 11.5 Å². The molecule has 2 aromatic rings. The third kappa shape index (κ3) is 3.70. The van der Waals surface area contributed by atoms with Crippen molar-refractivity contribution in [3.8, 4) is 0 Å². The van der Waals surface area contributed by atoms with Gasteiger partial charge < -0.3 is 10.0 Å². The lowest BCUT2D eigenvalue weighted by Crippen LogP contribution is -2.31. The van der Waals surface area contributed by atoms with Crippen LogP contribution in [0.15, 0.2) is 53.9 Å². The highest BCUT2D eigenvalue weighted by Crippen LogP contribution is 2.41. The van der Waals surface area contributed by atoms with Gasteiger partial charge in [0.25, 0.3) is 5.91 Å². The summed E-state index contributed by atoms with van der Waals surface area (Å²) in [6, 6.07) is 9.51. The van der Waals surface area contributed by atoms with E-state index in [2.05, 4.69) is 4.98 Å². The van der Waals surface area contributed by atoms with Crippen LogP contribution in [0.25, 0.3) is 0 Å². The summed E-state index contributed by atoms with van der Waals surface area (Å²) in [5.41, 5.74) is 1.31. The number of benzene rings is 1. The van der Waals surface area contributed by atoms with Crippen LogP contribution < -0.4 is 0 Å². The summed E-state index contributed by atoms with van der Waals surface area (Å²) < 4.78 is 0. The molecule has 140 valence electrons. The molecule has 2 heterocycles. The van der Waals surface area contributed by atoms with Crippen molar-refractivity contribution in [1.82, 2.24) is 9.88 Å². The fourth-order valence-corrected chi connectivity index (χ4v) is 3.38. The minimum atomic E-state index is -0.760. The number of aromatic nitrogens is 1. The molecule has 0 fully saturated rings.